The molecule has 4 nitrogen and oxygen atoms in total. The van der Waals surface area contributed by atoms with Gasteiger partial charge >= 0.3 is 0 Å². The largest absolute Gasteiger partial charge is 0.310 e. The lowest BCUT2D eigenvalue weighted by Gasteiger charge is -2.00. The zero-order chi connectivity index (χ0) is 14.5. The van der Waals surface area contributed by atoms with E-state index in [1.165, 1.54) is 11.1 Å². The van der Waals surface area contributed by atoms with Crippen LogP contribution in [0.15, 0.2) is 48.1 Å². The molecule has 0 aliphatic carbocycles. The summed E-state index contributed by atoms with van der Waals surface area (Å²) in [5.74, 6) is 0. The highest BCUT2D eigenvalue weighted by Crippen LogP contribution is 2.21. The molecular formula is C16H18N4S. The third kappa shape index (κ3) is 3.77. The van der Waals surface area contributed by atoms with E-state index >= 15 is 0 Å². The van der Waals surface area contributed by atoms with Crippen LogP contribution in [0.1, 0.15) is 10.6 Å². The van der Waals surface area contributed by atoms with Crippen LogP contribution in [-0.4, -0.2) is 21.3 Å². The Balaban J connectivity index is 1.49. The maximum Gasteiger partial charge on any atom is 0.107 e. The van der Waals surface area contributed by atoms with Crippen molar-refractivity contribution in [2.45, 2.75) is 13.0 Å². The summed E-state index contributed by atoms with van der Waals surface area (Å²) in [6, 6.07) is 10.3. The Bertz CT molecular complexity index is 687. The minimum atomic E-state index is 0.817. The van der Waals surface area contributed by atoms with Gasteiger partial charge in [0.1, 0.15) is 5.01 Å². The third-order valence-electron chi connectivity index (χ3n) is 3.25. The summed E-state index contributed by atoms with van der Waals surface area (Å²) in [4.78, 5) is 4.67. The Kier molecular flexibility index (Phi) is 4.43. The Hall–Kier alpha value is -1.98. The first-order valence-corrected chi connectivity index (χ1v) is 7.87. The molecule has 3 rings (SSSR count). The van der Waals surface area contributed by atoms with E-state index in [1.54, 1.807) is 11.3 Å². The molecule has 0 bridgehead atoms. The summed E-state index contributed by atoms with van der Waals surface area (Å²) in [5.41, 5.74) is 3.49. The van der Waals surface area contributed by atoms with Crippen molar-refractivity contribution in [3.05, 3.63) is 58.7 Å². The average Bonchev–Trinajstić information content (AvgIpc) is 3.14. The van der Waals surface area contributed by atoms with Crippen LogP contribution in [0.2, 0.25) is 0 Å². The van der Waals surface area contributed by atoms with Crippen LogP contribution >= 0.6 is 11.3 Å². The fourth-order valence-electron chi connectivity index (χ4n) is 2.16. The van der Waals surface area contributed by atoms with Crippen molar-refractivity contribution in [2.24, 2.45) is 7.05 Å². The van der Waals surface area contributed by atoms with E-state index in [1.807, 2.05) is 36.1 Å². The molecule has 0 saturated heterocycles. The van der Waals surface area contributed by atoms with Gasteiger partial charge in [-0.15, -0.1) is 11.3 Å². The Labute approximate surface area is 128 Å². The van der Waals surface area contributed by atoms with Crippen molar-refractivity contribution in [3.8, 4) is 11.3 Å². The second-order valence-electron chi connectivity index (χ2n) is 4.94. The van der Waals surface area contributed by atoms with Crippen LogP contribution in [0.4, 0.5) is 0 Å². The number of hydrogen-bond donors (Lipinski definition) is 1. The molecule has 0 fully saturated rings. The van der Waals surface area contributed by atoms with E-state index < -0.39 is 0 Å². The van der Waals surface area contributed by atoms with E-state index in [-0.39, 0.29) is 0 Å². The summed E-state index contributed by atoms with van der Waals surface area (Å²) < 4.78 is 1.84. The van der Waals surface area contributed by atoms with Gasteiger partial charge in [0, 0.05) is 30.7 Å². The molecule has 0 spiro atoms. The van der Waals surface area contributed by atoms with Gasteiger partial charge in [0.2, 0.25) is 0 Å². The average molecular weight is 298 g/mol. The van der Waals surface area contributed by atoms with Crippen LogP contribution < -0.4 is 5.32 Å². The van der Waals surface area contributed by atoms with Gasteiger partial charge in [-0.3, -0.25) is 4.68 Å². The maximum atomic E-state index is 4.67. The highest BCUT2D eigenvalue weighted by Gasteiger charge is 2.04. The number of aryl methyl sites for hydroxylation is 1. The summed E-state index contributed by atoms with van der Waals surface area (Å²) in [6.07, 6.45) is 4.96. The molecule has 3 aromatic rings. The summed E-state index contributed by atoms with van der Waals surface area (Å²) in [7, 11) is 1.94. The molecule has 21 heavy (non-hydrogen) atoms. The maximum absolute atomic E-state index is 4.67. The van der Waals surface area contributed by atoms with E-state index in [4.69, 9.17) is 0 Å². The lowest BCUT2D eigenvalue weighted by molar-refractivity contribution is 0.683. The zero-order valence-electron chi connectivity index (χ0n) is 12.0. The molecule has 0 radical (unpaired) electrons. The molecule has 108 valence electrons. The monoisotopic (exact) mass is 298 g/mol. The van der Waals surface area contributed by atoms with Crippen LogP contribution in [0.3, 0.4) is 0 Å². The molecule has 0 atom stereocenters. The first kappa shape index (κ1) is 14.0. The molecule has 0 aliphatic heterocycles. The molecule has 1 aromatic carbocycles. The number of rotatable bonds is 6. The summed E-state index contributed by atoms with van der Waals surface area (Å²) >= 11 is 1.70. The van der Waals surface area contributed by atoms with Crippen LogP contribution in [-0.2, 0) is 20.0 Å². The highest BCUT2D eigenvalue weighted by molar-refractivity contribution is 7.09. The van der Waals surface area contributed by atoms with Crippen LogP contribution in [0.25, 0.3) is 11.3 Å². The smallest absolute Gasteiger partial charge is 0.107 e. The standard InChI is InChI=1S/C16H18N4S/c1-20-11-13(9-18-20)7-8-17-10-16-19-15(12-21-16)14-5-3-2-4-6-14/h2-6,9,11-12,17H,7-8,10H2,1H3. The molecule has 1 N–H and O–H groups in total. The van der Waals surface area contributed by atoms with E-state index in [0.29, 0.717) is 0 Å². The first-order valence-electron chi connectivity index (χ1n) is 6.99. The van der Waals surface area contributed by atoms with Gasteiger partial charge in [-0.25, -0.2) is 4.98 Å². The number of nitrogens with one attached hydrogen (secondary N) is 1. The Morgan fingerprint density at radius 2 is 2.10 bits per heavy atom. The van der Waals surface area contributed by atoms with Gasteiger partial charge in [0.15, 0.2) is 0 Å². The lowest BCUT2D eigenvalue weighted by atomic mass is 10.2. The number of thiazole rings is 1. The first-order chi connectivity index (χ1) is 10.3. The fourth-order valence-corrected chi connectivity index (χ4v) is 2.94. The predicted octanol–water partition coefficient (Wildman–Crippen LogP) is 2.88. The number of benzene rings is 1. The van der Waals surface area contributed by atoms with Gasteiger partial charge < -0.3 is 5.32 Å². The second-order valence-corrected chi connectivity index (χ2v) is 5.88. The van der Waals surface area contributed by atoms with Crippen molar-refractivity contribution < 1.29 is 0 Å². The summed E-state index contributed by atoms with van der Waals surface area (Å²) in [5, 5.41) is 10.8. The van der Waals surface area contributed by atoms with Crippen molar-refractivity contribution in [1.82, 2.24) is 20.1 Å². The van der Waals surface area contributed by atoms with Crippen molar-refractivity contribution >= 4 is 11.3 Å². The lowest BCUT2D eigenvalue weighted by Crippen LogP contribution is -2.16. The molecule has 0 saturated carbocycles. The zero-order valence-corrected chi connectivity index (χ0v) is 12.8. The Morgan fingerprint density at radius 1 is 1.24 bits per heavy atom. The molecule has 0 unspecified atom stereocenters. The molecule has 2 heterocycles. The van der Waals surface area contributed by atoms with E-state index in [0.717, 1.165) is 30.2 Å². The number of aromatic nitrogens is 3. The topological polar surface area (TPSA) is 42.7 Å². The SMILES string of the molecule is Cn1cc(CCNCc2nc(-c3ccccc3)cs2)cn1. The molecule has 0 aliphatic rings. The second kappa shape index (κ2) is 6.65. The van der Waals surface area contributed by atoms with E-state index in [2.05, 4.69) is 39.1 Å². The highest BCUT2D eigenvalue weighted by atomic mass is 32.1. The van der Waals surface area contributed by atoms with Crippen LogP contribution in [0.5, 0.6) is 0 Å². The normalized spacial score (nSPS) is 10.9. The molecule has 0 amide bonds. The van der Waals surface area contributed by atoms with Crippen molar-refractivity contribution in [3.63, 3.8) is 0 Å². The third-order valence-corrected chi connectivity index (χ3v) is 4.10. The number of nitrogens with zero attached hydrogens (tertiary/aromatic N) is 3. The minimum Gasteiger partial charge on any atom is -0.310 e. The van der Waals surface area contributed by atoms with E-state index in [9.17, 15) is 0 Å². The molecule has 5 heteroatoms. The van der Waals surface area contributed by atoms with Gasteiger partial charge in [-0.1, -0.05) is 30.3 Å². The van der Waals surface area contributed by atoms with Crippen LogP contribution in [0, 0.1) is 0 Å². The van der Waals surface area contributed by atoms with Crippen molar-refractivity contribution in [1.29, 1.82) is 0 Å². The summed E-state index contributed by atoms with van der Waals surface area (Å²) in [6.45, 7) is 1.75. The molecular weight excluding hydrogens is 280 g/mol. The van der Waals surface area contributed by atoms with Gasteiger partial charge in [-0.2, -0.15) is 5.10 Å². The molecule has 2 aromatic heterocycles. The fraction of sp³-hybridized carbons (Fsp3) is 0.250. The van der Waals surface area contributed by atoms with Gasteiger partial charge in [-0.05, 0) is 18.5 Å². The Morgan fingerprint density at radius 3 is 2.86 bits per heavy atom. The van der Waals surface area contributed by atoms with Gasteiger partial charge in [0.05, 0.1) is 11.9 Å². The minimum absolute atomic E-state index is 0.817. The number of hydrogen-bond acceptors (Lipinski definition) is 4. The quantitative estimate of drug-likeness (QED) is 0.712. The predicted molar refractivity (Wildman–Crippen MR) is 86.2 cm³/mol. The van der Waals surface area contributed by atoms with Crippen molar-refractivity contribution in [2.75, 3.05) is 6.54 Å². The van der Waals surface area contributed by atoms with Gasteiger partial charge in [0.25, 0.3) is 0 Å².